The van der Waals surface area contributed by atoms with Crippen LogP contribution in [0.4, 0.5) is 0 Å². The van der Waals surface area contributed by atoms with E-state index in [-0.39, 0.29) is 0 Å². The molecule has 0 unspecified atom stereocenters. The maximum absolute atomic E-state index is 5.90. The zero-order valence-electron chi connectivity index (χ0n) is 11.0. The van der Waals surface area contributed by atoms with E-state index in [1.165, 1.54) is 58.0 Å². The van der Waals surface area contributed by atoms with Crippen LogP contribution in [-0.2, 0) is 4.74 Å². The Kier molecular flexibility index (Phi) is 4.66. The van der Waals surface area contributed by atoms with Gasteiger partial charge in [-0.1, -0.05) is 19.3 Å². The highest BCUT2D eigenvalue weighted by Gasteiger charge is 2.26. The lowest BCUT2D eigenvalue weighted by atomic mass is 9.92. The lowest BCUT2D eigenvalue weighted by molar-refractivity contribution is -0.0356. The molecular formula is C14H27NO. The van der Waals surface area contributed by atoms with Crippen LogP contribution in [0.1, 0.15) is 58.8 Å². The van der Waals surface area contributed by atoms with E-state index >= 15 is 0 Å². The summed E-state index contributed by atoms with van der Waals surface area (Å²) in [5.74, 6) is 0. The van der Waals surface area contributed by atoms with Crippen molar-refractivity contribution in [2.24, 2.45) is 0 Å². The highest BCUT2D eigenvalue weighted by Crippen LogP contribution is 2.26. The predicted octanol–water partition coefficient (Wildman–Crippen LogP) is 3.21. The van der Waals surface area contributed by atoms with Gasteiger partial charge < -0.3 is 9.64 Å². The maximum Gasteiger partial charge on any atom is 0.0603 e. The average molecular weight is 225 g/mol. The van der Waals surface area contributed by atoms with Crippen LogP contribution in [0.3, 0.4) is 0 Å². The van der Waals surface area contributed by atoms with Gasteiger partial charge in [-0.05, 0) is 39.5 Å². The molecule has 0 N–H and O–H groups in total. The van der Waals surface area contributed by atoms with Gasteiger partial charge in [0.05, 0.1) is 12.2 Å². The molecule has 94 valence electrons. The summed E-state index contributed by atoms with van der Waals surface area (Å²) >= 11 is 0. The molecule has 0 spiro atoms. The van der Waals surface area contributed by atoms with Crippen LogP contribution in [0.25, 0.3) is 0 Å². The Morgan fingerprint density at radius 1 is 0.938 bits per heavy atom. The topological polar surface area (TPSA) is 12.5 Å². The predicted molar refractivity (Wildman–Crippen MR) is 67.7 cm³/mol. The van der Waals surface area contributed by atoms with Crippen molar-refractivity contribution in [1.29, 1.82) is 0 Å². The molecule has 2 nitrogen and oxygen atoms in total. The third kappa shape index (κ3) is 3.46. The van der Waals surface area contributed by atoms with Gasteiger partial charge in [-0.25, -0.2) is 0 Å². The second-order valence-electron chi connectivity index (χ2n) is 5.71. The molecule has 1 saturated heterocycles. The fraction of sp³-hybridized carbons (Fsp3) is 1.00. The van der Waals surface area contributed by atoms with Gasteiger partial charge in [0.1, 0.15) is 0 Å². The van der Waals surface area contributed by atoms with Crippen molar-refractivity contribution in [3.63, 3.8) is 0 Å². The van der Waals surface area contributed by atoms with Gasteiger partial charge in [0, 0.05) is 19.1 Å². The Bertz CT molecular complexity index is 191. The van der Waals surface area contributed by atoms with Crippen molar-refractivity contribution in [1.82, 2.24) is 4.90 Å². The molecule has 1 saturated carbocycles. The van der Waals surface area contributed by atoms with Crippen LogP contribution in [-0.4, -0.2) is 36.2 Å². The molecule has 0 atom stereocenters. The van der Waals surface area contributed by atoms with Gasteiger partial charge >= 0.3 is 0 Å². The fourth-order valence-electron chi connectivity index (χ4n) is 3.21. The number of hydrogen-bond acceptors (Lipinski definition) is 2. The van der Waals surface area contributed by atoms with E-state index in [1.54, 1.807) is 0 Å². The number of hydrogen-bond donors (Lipinski definition) is 0. The summed E-state index contributed by atoms with van der Waals surface area (Å²) in [7, 11) is 0. The van der Waals surface area contributed by atoms with Crippen LogP contribution < -0.4 is 0 Å². The minimum Gasteiger partial charge on any atom is -0.375 e. The molecular weight excluding hydrogens is 198 g/mol. The smallest absolute Gasteiger partial charge is 0.0603 e. The second kappa shape index (κ2) is 6.02. The van der Waals surface area contributed by atoms with E-state index < -0.39 is 0 Å². The third-order valence-electron chi connectivity index (χ3n) is 4.03. The summed E-state index contributed by atoms with van der Waals surface area (Å²) < 4.78 is 5.90. The van der Waals surface area contributed by atoms with Gasteiger partial charge in [0.25, 0.3) is 0 Å². The van der Waals surface area contributed by atoms with Gasteiger partial charge in [0.2, 0.25) is 0 Å². The van der Waals surface area contributed by atoms with Crippen molar-refractivity contribution in [2.45, 2.75) is 77.0 Å². The van der Waals surface area contributed by atoms with Gasteiger partial charge in [-0.15, -0.1) is 0 Å². The third-order valence-corrected chi connectivity index (χ3v) is 4.03. The normalized spacial score (nSPS) is 26.4. The molecule has 0 radical (unpaired) electrons. The van der Waals surface area contributed by atoms with Crippen LogP contribution in [0.5, 0.6) is 0 Å². The maximum atomic E-state index is 5.90. The highest BCUT2D eigenvalue weighted by atomic mass is 16.5. The molecule has 0 aromatic heterocycles. The number of rotatable bonds is 3. The Morgan fingerprint density at radius 2 is 1.56 bits per heavy atom. The van der Waals surface area contributed by atoms with Gasteiger partial charge in [0.15, 0.2) is 0 Å². The summed E-state index contributed by atoms with van der Waals surface area (Å²) in [5.41, 5.74) is 0. The van der Waals surface area contributed by atoms with E-state index in [0.717, 1.165) is 6.04 Å². The minimum absolute atomic E-state index is 0.395. The lowest BCUT2D eigenvalue weighted by Gasteiger charge is -2.39. The van der Waals surface area contributed by atoms with Crippen molar-refractivity contribution in [2.75, 3.05) is 13.1 Å². The Morgan fingerprint density at radius 3 is 2.12 bits per heavy atom. The summed E-state index contributed by atoms with van der Waals surface area (Å²) in [6, 6.07) is 0.897. The van der Waals surface area contributed by atoms with E-state index in [9.17, 15) is 0 Å². The summed E-state index contributed by atoms with van der Waals surface area (Å²) in [5, 5.41) is 0. The van der Waals surface area contributed by atoms with Gasteiger partial charge in [-0.2, -0.15) is 0 Å². The van der Waals surface area contributed by atoms with Crippen molar-refractivity contribution >= 4 is 0 Å². The fourth-order valence-corrected chi connectivity index (χ4v) is 3.21. The Hall–Kier alpha value is -0.0800. The molecule has 16 heavy (non-hydrogen) atoms. The monoisotopic (exact) mass is 225 g/mol. The molecule has 0 aromatic carbocycles. The first-order valence-corrected chi connectivity index (χ1v) is 7.15. The largest absolute Gasteiger partial charge is 0.375 e. The Balaban J connectivity index is 1.71. The molecule has 1 heterocycles. The zero-order chi connectivity index (χ0) is 11.4. The van der Waals surface area contributed by atoms with E-state index in [0.29, 0.717) is 12.2 Å². The van der Waals surface area contributed by atoms with E-state index in [1.807, 2.05) is 0 Å². The number of nitrogens with zero attached hydrogens (tertiary/aromatic N) is 1. The van der Waals surface area contributed by atoms with E-state index in [4.69, 9.17) is 4.74 Å². The zero-order valence-corrected chi connectivity index (χ0v) is 11.0. The number of ether oxygens (including phenoxy) is 1. The molecule has 0 aromatic rings. The molecule has 0 amide bonds. The molecule has 0 bridgehead atoms. The summed E-state index contributed by atoms with van der Waals surface area (Å²) in [4.78, 5) is 2.72. The Labute approximate surface area is 100 Å². The summed E-state index contributed by atoms with van der Waals surface area (Å²) in [6.07, 6.45) is 10.7. The lowest BCUT2D eigenvalue weighted by Crippen LogP contribution is -2.44. The number of likely N-dealkylation sites (tertiary alicyclic amines) is 1. The van der Waals surface area contributed by atoms with Crippen LogP contribution in [0.2, 0.25) is 0 Å². The standard InChI is InChI=1S/C14H27NO/c1-12(2)16-14-8-10-15(11-9-14)13-6-4-3-5-7-13/h12-14H,3-11H2,1-2H3. The highest BCUT2D eigenvalue weighted by molar-refractivity contribution is 4.81. The first-order valence-electron chi connectivity index (χ1n) is 7.15. The molecule has 2 fully saturated rings. The first kappa shape index (κ1) is 12.4. The SMILES string of the molecule is CC(C)OC1CCN(C2CCCCC2)CC1. The van der Waals surface area contributed by atoms with Crippen LogP contribution >= 0.6 is 0 Å². The van der Waals surface area contributed by atoms with E-state index in [2.05, 4.69) is 18.7 Å². The summed E-state index contributed by atoms with van der Waals surface area (Å²) in [6.45, 7) is 6.82. The van der Waals surface area contributed by atoms with Crippen molar-refractivity contribution in [3.8, 4) is 0 Å². The molecule has 1 aliphatic heterocycles. The molecule has 2 rings (SSSR count). The quantitative estimate of drug-likeness (QED) is 0.731. The average Bonchev–Trinajstić information content (AvgIpc) is 2.30. The first-order chi connectivity index (χ1) is 7.75. The van der Waals surface area contributed by atoms with Crippen molar-refractivity contribution < 1.29 is 4.74 Å². The minimum atomic E-state index is 0.395. The van der Waals surface area contributed by atoms with Crippen molar-refractivity contribution in [3.05, 3.63) is 0 Å². The van der Waals surface area contributed by atoms with Crippen LogP contribution in [0, 0.1) is 0 Å². The second-order valence-corrected chi connectivity index (χ2v) is 5.71. The molecule has 2 aliphatic rings. The van der Waals surface area contributed by atoms with Gasteiger partial charge in [-0.3, -0.25) is 0 Å². The number of piperidine rings is 1. The molecule has 1 aliphatic carbocycles. The molecule has 2 heteroatoms. The van der Waals surface area contributed by atoms with Crippen LogP contribution in [0.15, 0.2) is 0 Å².